The van der Waals surface area contributed by atoms with Crippen molar-refractivity contribution in [2.45, 2.75) is 50.9 Å². The van der Waals surface area contributed by atoms with Crippen LogP contribution in [0.2, 0.25) is 10.0 Å². The van der Waals surface area contributed by atoms with Gasteiger partial charge in [0, 0.05) is 110 Å². The second kappa shape index (κ2) is 14.7. The van der Waals surface area contributed by atoms with Crippen LogP contribution < -0.4 is 26.8 Å². The highest BCUT2D eigenvalue weighted by molar-refractivity contribution is 6.39. The normalized spacial score (nSPS) is 17.2. The van der Waals surface area contributed by atoms with Crippen molar-refractivity contribution in [2.24, 2.45) is 7.05 Å². The van der Waals surface area contributed by atoms with Gasteiger partial charge in [-0.15, -0.1) is 0 Å². The van der Waals surface area contributed by atoms with E-state index in [2.05, 4.69) is 38.5 Å². The Morgan fingerprint density at radius 2 is 1.42 bits per heavy atom. The number of aromatic nitrogens is 4. The minimum atomic E-state index is -0.154. The second-order valence-corrected chi connectivity index (χ2v) is 14.5. The average Bonchev–Trinajstić information content (AvgIpc) is 3.87. The largest absolute Gasteiger partial charge is 0.352 e. The predicted molar refractivity (Wildman–Crippen MR) is 208 cm³/mol. The molecule has 13 heteroatoms. The molecule has 2 atom stereocenters. The Kier molecular flexibility index (Phi) is 9.74. The van der Waals surface area contributed by atoms with Gasteiger partial charge in [-0.05, 0) is 48.2 Å². The van der Waals surface area contributed by atoms with Crippen LogP contribution in [0.1, 0.15) is 36.8 Å². The number of halogens is 2. The maximum absolute atomic E-state index is 13.3. The lowest BCUT2D eigenvalue weighted by molar-refractivity contribution is -0.120. The molecule has 2 aliphatic heterocycles. The van der Waals surface area contributed by atoms with E-state index >= 15 is 0 Å². The average molecular weight is 750 g/mol. The lowest BCUT2D eigenvalue weighted by Crippen LogP contribution is -2.36. The maximum atomic E-state index is 13.3. The molecule has 2 aromatic carbocycles. The lowest BCUT2D eigenvalue weighted by atomic mass is 9.97. The van der Waals surface area contributed by atoms with Gasteiger partial charge in [0.1, 0.15) is 11.3 Å². The Labute approximate surface area is 315 Å². The van der Waals surface area contributed by atoms with E-state index in [0.29, 0.717) is 53.7 Å². The smallest absolute Gasteiger partial charge is 0.262 e. The van der Waals surface area contributed by atoms with Crippen molar-refractivity contribution in [1.29, 1.82) is 0 Å². The third kappa shape index (κ3) is 7.05. The summed E-state index contributed by atoms with van der Waals surface area (Å²) in [6, 6.07) is 19.7. The van der Waals surface area contributed by atoms with Crippen LogP contribution in [0.5, 0.6) is 0 Å². The summed E-state index contributed by atoms with van der Waals surface area (Å²) in [5, 5.41) is 14.8. The first-order chi connectivity index (χ1) is 25.7. The molecule has 2 saturated heterocycles. The first-order valence-electron chi connectivity index (χ1n) is 17.8. The Balaban J connectivity index is 1.03. The number of fused-ring (bicyclic) bond motifs is 2. The molecule has 270 valence electrons. The van der Waals surface area contributed by atoms with E-state index in [1.807, 2.05) is 66.2 Å². The zero-order valence-electron chi connectivity index (χ0n) is 29.1. The summed E-state index contributed by atoms with van der Waals surface area (Å²) < 4.78 is 3.55. The number of benzene rings is 2. The van der Waals surface area contributed by atoms with Gasteiger partial charge in [-0.3, -0.25) is 18.8 Å². The molecule has 0 saturated carbocycles. The van der Waals surface area contributed by atoms with Crippen LogP contribution in [0.4, 0.5) is 0 Å². The fourth-order valence-electron chi connectivity index (χ4n) is 7.35. The third-order valence-electron chi connectivity index (χ3n) is 10.1. The molecular weight excluding hydrogens is 711 g/mol. The van der Waals surface area contributed by atoms with E-state index < -0.39 is 0 Å². The number of aryl methyl sites for hydroxylation is 1. The fraction of sp³-hybridized carbons (Fsp3) is 0.275. The van der Waals surface area contributed by atoms with Gasteiger partial charge in [0.2, 0.25) is 11.8 Å². The summed E-state index contributed by atoms with van der Waals surface area (Å²) in [5.41, 5.74) is 7.55. The van der Waals surface area contributed by atoms with Crippen LogP contribution in [-0.4, -0.2) is 55.9 Å². The first-order valence-corrected chi connectivity index (χ1v) is 18.5. The van der Waals surface area contributed by atoms with Gasteiger partial charge in [0.05, 0.1) is 15.7 Å². The van der Waals surface area contributed by atoms with Gasteiger partial charge in [-0.25, -0.2) is 9.97 Å². The zero-order valence-corrected chi connectivity index (χ0v) is 30.6. The Bertz CT molecular complexity index is 2460. The molecule has 2 aliphatic rings. The number of hydrogen-bond acceptors (Lipinski definition) is 7. The number of hydrogen-bond donors (Lipinski definition) is 4. The monoisotopic (exact) mass is 748 g/mol. The Morgan fingerprint density at radius 3 is 2.08 bits per heavy atom. The SMILES string of the molecule is Cn1cc(CNC[C@@H]2CCC(=O)N2)c2ccc(-c3cccc(-c4cccc(-c5ccn6c(=O)c(CNC[C@@H]7CCC(=O)N7)cnc6c5)c4Cl)c3Cl)nc21. The van der Waals surface area contributed by atoms with Crippen LogP contribution in [0.25, 0.3) is 50.2 Å². The molecule has 0 spiro atoms. The number of carbonyl (C=O) groups excluding carboxylic acids is 2. The highest BCUT2D eigenvalue weighted by atomic mass is 35.5. The minimum Gasteiger partial charge on any atom is -0.352 e. The number of nitrogens with zero attached hydrogens (tertiary/aromatic N) is 4. The summed E-state index contributed by atoms with van der Waals surface area (Å²) in [6.07, 6.45) is 8.18. The quantitative estimate of drug-likeness (QED) is 0.135. The van der Waals surface area contributed by atoms with Crippen molar-refractivity contribution >= 4 is 51.7 Å². The molecule has 11 nitrogen and oxygen atoms in total. The van der Waals surface area contributed by atoms with E-state index in [0.717, 1.165) is 69.5 Å². The van der Waals surface area contributed by atoms with Crippen molar-refractivity contribution in [3.05, 3.63) is 111 Å². The molecule has 6 aromatic rings. The van der Waals surface area contributed by atoms with Crippen LogP contribution >= 0.6 is 23.2 Å². The number of carbonyl (C=O) groups is 2. The number of amides is 2. The highest BCUT2D eigenvalue weighted by Gasteiger charge is 2.22. The molecule has 0 bridgehead atoms. The van der Waals surface area contributed by atoms with Crippen molar-refractivity contribution in [3.63, 3.8) is 0 Å². The van der Waals surface area contributed by atoms with E-state index in [1.54, 1.807) is 12.4 Å². The topological polar surface area (TPSA) is 134 Å². The molecule has 0 unspecified atom stereocenters. The summed E-state index contributed by atoms with van der Waals surface area (Å²) >= 11 is 14.3. The van der Waals surface area contributed by atoms with Crippen molar-refractivity contribution in [2.75, 3.05) is 13.1 Å². The molecule has 0 radical (unpaired) electrons. The minimum absolute atomic E-state index is 0.0637. The number of rotatable bonds is 11. The van der Waals surface area contributed by atoms with Crippen molar-refractivity contribution < 1.29 is 9.59 Å². The number of pyridine rings is 2. The van der Waals surface area contributed by atoms with E-state index in [9.17, 15) is 14.4 Å². The summed E-state index contributed by atoms with van der Waals surface area (Å²) in [7, 11) is 1.98. The lowest BCUT2D eigenvalue weighted by Gasteiger charge is -2.14. The molecule has 4 N–H and O–H groups in total. The molecule has 8 rings (SSSR count). The van der Waals surface area contributed by atoms with E-state index in [4.69, 9.17) is 28.2 Å². The van der Waals surface area contributed by atoms with Crippen LogP contribution in [0, 0.1) is 0 Å². The van der Waals surface area contributed by atoms with Crippen molar-refractivity contribution in [1.82, 2.24) is 40.2 Å². The summed E-state index contributed by atoms with van der Waals surface area (Å²) in [4.78, 5) is 45.9. The zero-order chi connectivity index (χ0) is 36.6. The molecule has 4 aromatic heterocycles. The third-order valence-corrected chi connectivity index (χ3v) is 11.0. The molecule has 0 aliphatic carbocycles. The Morgan fingerprint density at radius 1 is 0.792 bits per heavy atom. The van der Waals surface area contributed by atoms with Gasteiger partial charge in [0.25, 0.3) is 5.56 Å². The molecule has 6 heterocycles. The van der Waals surface area contributed by atoms with Crippen LogP contribution in [0.3, 0.4) is 0 Å². The van der Waals surface area contributed by atoms with E-state index in [1.165, 1.54) is 4.40 Å². The molecule has 2 fully saturated rings. The van der Waals surface area contributed by atoms with Gasteiger partial charge in [0.15, 0.2) is 0 Å². The fourth-order valence-corrected chi connectivity index (χ4v) is 8.01. The number of nitrogens with one attached hydrogen (secondary N) is 4. The second-order valence-electron chi connectivity index (χ2n) is 13.8. The summed E-state index contributed by atoms with van der Waals surface area (Å²) in [6.45, 7) is 2.34. The maximum Gasteiger partial charge on any atom is 0.262 e. The van der Waals surface area contributed by atoms with Crippen LogP contribution in [0.15, 0.2) is 84.0 Å². The van der Waals surface area contributed by atoms with Crippen LogP contribution in [-0.2, 0) is 29.7 Å². The van der Waals surface area contributed by atoms with Crippen molar-refractivity contribution in [3.8, 4) is 33.5 Å². The predicted octanol–water partition coefficient (Wildman–Crippen LogP) is 5.63. The Hall–Kier alpha value is -5.07. The molecular formula is C40H38Cl2N8O3. The molecule has 53 heavy (non-hydrogen) atoms. The van der Waals surface area contributed by atoms with E-state index in [-0.39, 0.29) is 29.5 Å². The first kappa shape index (κ1) is 35.0. The van der Waals surface area contributed by atoms with Gasteiger partial charge in [-0.2, -0.15) is 0 Å². The standard InChI is InChI=1S/C40H38Cl2N8O3/c1-49-22-25(18-44-21-27-9-13-36(52)47-27)29-10-11-33(48-39(29)49)32-7-3-6-31(38(32)42)30-5-2-4-28(37(30)41)23-14-15-50-34(16-23)45-19-24(40(50)53)17-43-20-26-8-12-35(51)46-26/h2-7,10-11,14-16,19,22,26-27,43-44H,8-9,12-13,17-18,20-21H2,1H3,(H,46,51)(H,47,52)/t26-,27-/m0/s1. The van der Waals surface area contributed by atoms with Gasteiger partial charge < -0.3 is 25.8 Å². The summed E-state index contributed by atoms with van der Waals surface area (Å²) in [5.74, 6) is 0.180. The highest BCUT2D eigenvalue weighted by Crippen LogP contribution is 2.42. The van der Waals surface area contributed by atoms with Gasteiger partial charge >= 0.3 is 0 Å². The molecule has 2 amide bonds. The van der Waals surface area contributed by atoms with Gasteiger partial charge in [-0.1, -0.05) is 59.6 Å².